The molecule has 0 aliphatic rings. The predicted octanol–water partition coefficient (Wildman–Crippen LogP) is 4.21. The molecule has 0 amide bonds. The highest BCUT2D eigenvalue weighted by molar-refractivity contribution is 6.30. The lowest BCUT2D eigenvalue weighted by Gasteiger charge is -2.21. The Morgan fingerprint density at radius 2 is 1.71 bits per heavy atom. The van der Waals surface area contributed by atoms with Gasteiger partial charge in [-0.05, 0) is 43.3 Å². The zero-order valence-corrected chi connectivity index (χ0v) is 12.8. The molecule has 0 saturated carbocycles. The monoisotopic (exact) mass is 305 g/mol. The summed E-state index contributed by atoms with van der Waals surface area (Å²) >= 11 is 5.93. The van der Waals surface area contributed by atoms with Gasteiger partial charge in [-0.25, -0.2) is 0 Å². The molecule has 0 spiro atoms. The fourth-order valence-electron chi connectivity index (χ4n) is 2.10. The Labute approximate surface area is 130 Å². The third-order valence-electron chi connectivity index (χ3n) is 3.09. The maximum atomic E-state index is 6.12. The lowest BCUT2D eigenvalue weighted by atomic mass is 10.1. The van der Waals surface area contributed by atoms with E-state index in [0.29, 0.717) is 18.2 Å². The molecule has 2 rings (SSSR count). The van der Waals surface area contributed by atoms with Crippen LogP contribution in [0, 0.1) is 0 Å². The summed E-state index contributed by atoms with van der Waals surface area (Å²) in [5.74, 6) is 1.48. The van der Waals surface area contributed by atoms with Gasteiger partial charge < -0.3 is 15.2 Å². The van der Waals surface area contributed by atoms with Crippen molar-refractivity contribution in [1.82, 2.24) is 0 Å². The molecule has 0 aliphatic carbocycles. The van der Waals surface area contributed by atoms with Crippen molar-refractivity contribution in [1.29, 1.82) is 0 Å². The molecule has 2 aromatic carbocycles. The highest BCUT2D eigenvalue weighted by Crippen LogP contribution is 2.32. The molecule has 112 valence electrons. The van der Waals surface area contributed by atoms with E-state index in [0.717, 1.165) is 23.5 Å². The zero-order chi connectivity index (χ0) is 15.1. The number of hydrogen-bond donors (Lipinski definition) is 1. The quantitative estimate of drug-likeness (QED) is 0.833. The highest BCUT2D eigenvalue weighted by Gasteiger charge is 2.15. The Kier molecular flexibility index (Phi) is 5.90. The third-order valence-corrected chi connectivity index (χ3v) is 3.34. The van der Waals surface area contributed by atoms with Crippen LogP contribution in [0.2, 0.25) is 5.02 Å². The molecule has 2 aromatic rings. The Morgan fingerprint density at radius 3 is 2.33 bits per heavy atom. The van der Waals surface area contributed by atoms with Crippen LogP contribution in [0.15, 0.2) is 48.5 Å². The van der Waals surface area contributed by atoms with E-state index in [-0.39, 0.29) is 6.10 Å². The first-order valence-electron chi connectivity index (χ1n) is 7.08. The van der Waals surface area contributed by atoms with Crippen LogP contribution in [0.3, 0.4) is 0 Å². The number of ether oxygens (including phenoxy) is 2. The van der Waals surface area contributed by atoms with Crippen molar-refractivity contribution < 1.29 is 9.47 Å². The molecule has 0 radical (unpaired) electrons. The number of nitrogens with two attached hydrogens (primary N) is 1. The summed E-state index contributed by atoms with van der Waals surface area (Å²) in [6.45, 7) is 3.10. The largest absolute Gasteiger partial charge is 0.490 e. The van der Waals surface area contributed by atoms with Crippen molar-refractivity contribution in [2.24, 2.45) is 5.73 Å². The van der Waals surface area contributed by atoms with Crippen molar-refractivity contribution in [3.63, 3.8) is 0 Å². The molecule has 4 heteroatoms. The van der Waals surface area contributed by atoms with Crippen molar-refractivity contribution in [3.8, 4) is 11.5 Å². The molecule has 1 unspecified atom stereocenters. The summed E-state index contributed by atoms with van der Waals surface area (Å²) in [7, 11) is 0. The van der Waals surface area contributed by atoms with Gasteiger partial charge in [0.15, 0.2) is 11.5 Å². The van der Waals surface area contributed by atoms with Crippen molar-refractivity contribution in [2.75, 3.05) is 13.2 Å². The summed E-state index contributed by atoms with van der Waals surface area (Å²) < 4.78 is 11.7. The van der Waals surface area contributed by atoms with Crippen LogP contribution in [0.4, 0.5) is 0 Å². The van der Waals surface area contributed by atoms with E-state index in [2.05, 4.69) is 0 Å². The second-order valence-electron chi connectivity index (χ2n) is 4.62. The van der Waals surface area contributed by atoms with E-state index < -0.39 is 0 Å². The molecule has 3 nitrogen and oxygen atoms in total. The van der Waals surface area contributed by atoms with E-state index in [1.54, 1.807) is 0 Å². The van der Waals surface area contributed by atoms with Gasteiger partial charge in [0.05, 0.1) is 6.61 Å². The molecule has 0 fully saturated rings. The number of para-hydroxylation sites is 2. The van der Waals surface area contributed by atoms with Crippen LogP contribution >= 0.6 is 11.6 Å². The van der Waals surface area contributed by atoms with Gasteiger partial charge in [-0.1, -0.05) is 35.9 Å². The van der Waals surface area contributed by atoms with Gasteiger partial charge in [0.25, 0.3) is 0 Å². The molecular formula is C17H20ClNO2. The first-order chi connectivity index (χ1) is 10.2. The Bertz CT molecular complexity index is 557. The van der Waals surface area contributed by atoms with Crippen molar-refractivity contribution in [3.05, 3.63) is 59.1 Å². The van der Waals surface area contributed by atoms with E-state index >= 15 is 0 Å². The molecule has 0 aromatic heterocycles. The summed E-state index contributed by atoms with van der Waals surface area (Å²) in [6, 6.07) is 15.3. The standard InChI is InChI=1S/C17H20ClNO2/c1-2-20-16-5-3-4-6-17(16)21-15(11-12-19)13-7-9-14(18)10-8-13/h3-10,15H,2,11-12,19H2,1H3. The number of rotatable bonds is 7. The minimum atomic E-state index is -0.117. The normalized spacial score (nSPS) is 12.0. The van der Waals surface area contributed by atoms with Crippen molar-refractivity contribution in [2.45, 2.75) is 19.4 Å². The lowest BCUT2D eigenvalue weighted by Crippen LogP contribution is -2.13. The fourth-order valence-corrected chi connectivity index (χ4v) is 2.22. The molecule has 0 bridgehead atoms. The second kappa shape index (κ2) is 7.91. The van der Waals surface area contributed by atoms with Gasteiger partial charge >= 0.3 is 0 Å². The van der Waals surface area contributed by atoms with Crippen molar-refractivity contribution >= 4 is 11.6 Å². The smallest absolute Gasteiger partial charge is 0.162 e. The van der Waals surface area contributed by atoms with Crippen LogP contribution in [0.25, 0.3) is 0 Å². The van der Waals surface area contributed by atoms with Crippen LogP contribution < -0.4 is 15.2 Å². The van der Waals surface area contributed by atoms with E-state index in [4.69, 9.17) is 26.8 Å². The van der Waals surface area contributed by atoms with Gasteiger partial charge in [0.1, 0.15) is 6.10 Å². The summed E-state index contributed by atoms with van der Waals surface area (Å²) in [5.41, 5.74) is 6.76. The minimum Gasteiger partial charge on any atom is -0.490 e. The Morgan fingerprint density at radius 1 is 1.05 bits per heavy atom. The Hall–Kier alpha value is -1.71. The van der Waals surface area contributed by atoms with Gasteiger partial charge in [0, 0.05) is 11.4 Å². The minimum absolute atomic E-state index is 0.117. The van der Waals surface area contributed by atoms with Crippen LogP contribution in [-0.4, -0.2) is 13.2 Å². The number of halogens is 1. The SMILES string of the molecule is CCOc1ccccc1OC(CCN)c1ccc(Cl)cc1. The maximum Gasteiger partial charge on any atom is 0.162 e. The molecule has 0 saturated heterocycles. The molecule has 0 aliphatic heterocycles. The molecule has 1 atom stereocenters. The molecule has 2 N–H and O–H groups in total. The second-order valence-corrected chi connectivity index (χ2v) is 5.05. The highest BCUT2D eigenvalue weighted by atomic mass is 35.5. The Balaban J connectivity index is 2.22. The third kappa shape index (κ3) is 4.38. The summed E-state index contributed by atoms with van der Waals surface area (Å²) in [6.07, 6.45) is 0.608. The average Bonchev–Trinajstić information content (AvgIpc) is 2.50. The average molecular weight is 306 g/mol. The van der Waals surface area contributed by atoms with E-state index in [9.17, 15) is 0 Å². The summed E-state index contributed by atoms with van der Waals surface area (Å²) in [4.78, 5) is 0. The van der Waals surface area contributed by atoms with E-state index in [1.165, 1.54) is 0 Å². The van der Waals surface area contributed by atoms with Crippen LogP contribution in [0.5, 0.6) is 11.5 Å². The zero-order valence-electron chi connectivity index (χ0n) is 12.1. The first-order valence-corrected chi connectivity index (χ1v) is 7.46. The molecular weight excluding hydrogens is 286 g/mol. The van der Waals surface area contributed by atoms with Crippen LogP contribution in [0.1, 0.15) is 25.0 Å². The molecule has 21 heavy (non-hydrogen) atoms. The van der Waals surface area contributed by atoms with Gasteiger partial charge in [-0.2, -0.15) is 0 Å². The lowest BCUT2D eigenvalue weighted by molar-refractivity contribution is 0.186. The number of benzene rings is 2. The van der Waals surface area contributed by atoms with Gasteiger partial charge in [0.2, 0.25) is 0 Å². The fraction of sp³-hybridized carbons (Fsp3) is 0.294. The topological polar surface area (TPSA) is 44.5 Å². The number of hydrogen-bond acceptors (Lipinski definition) is 3. The van der Waals surface area contributed by atoms with E-state index in [1.807, 2.05) is 55.5 Å². The van der Waals surface area contributed by atoms with Crippen LogP contribution in [-0.2, 0) is 0 Å². The van der Waals surface area contributed by atoms with Gasteiger partial charge in [-0.15, -0.1) is 0 Å². The maximum absolute atomic E-state index is 6.12. The first kappa shape index (κ1) is 15.7. The predicted molar refractivity (Wildman–Crippen MR) is 86.1 cm³/mol. The summed E-state index contributed by atoms with van der Waals surface area (Å²) in [5, 5.41) is 0.708. The molecule has 0 heterocycles. The van der Waals surface area contributed by atoms with Gasteiger partial charge in [-0.3, -0.25) is 0 Å².